The monoisotopic (exact) mass is 420 g/mol. The summed E-state index contributed by atoms with van der Waals surface area (Å²) in [7, 11) is 0. The Morgan fingerprint density at radius 3 is 2.76 bits per heavy atom. The van der Waals surface area contributed by atoms with Crippen LogP contribution in [-0.2, 0) is 32.5 Å². The van der Waals surface area contributed by atoms with Crippen LogP contribution < -0.4 is 3.07 Å². The van der Waals surface area contributed by atoms with Crippen LogP contribution in [0.1, 0.15) is 32.6 Å². The molecule has 0 radical (unpaired) electrons. The molecule has 1 aromatic carbocycles. The van der Waals surface area contributed by atoms with Crippen molar-refractivity contribution in [2.24, 2.45) is 0 Å². The van der Waals surface area contributed by atoms with E-state index in [1.807, 2.05) is 36.4 Å². The van der Waals surface area contributed by atoms with Gasteiger partial charge in [-0.15, -0.1) is 0 Å². The van der Waals surface area contributed by atoms with E-state index in [-0.39, 0.29) is 5.97 Å². The maximum absolute atomic E-state index is 11.4. The standard InChI is InChI=1S/C8H14O2.C6H5.Hg/c1-2-3-4-5-6-7-8(9)10;1-2-4-6-5-3-1;/h6-7H,2-5H2,1H3,(H,9,10);1-5H;/q;;+1/p-1. The Morgan fingerprint density at radius 1 is 1.29 bits per heavy atom. The summed E-state index contributed by atoms with van der Waals surface area (Å²) >= 11 is -1.65. The van der Waals surface area contributed by atoms with Crippen molar-refractivity contribution in [2.45, 2.75) is 32.6 Å². The van der Waals surface area contributed by atoms with Gasteiger partial charge in [0.05, 0.1) is 0 Å². The van der Waals surface area contributed by atoms with Crippen LogP contribution in [0.15, 0.2) is 42.5 Å². The van der Waals surface area contributed by atoms with E-state index < -0.39 is 25.0 Å². The zero-order valence-electron chi connectivity index (χ0n) is 10.4. The Hall–Kier alpha value is -0.635. The van der Waals surface area contributed by atoms with Crippen molar-refractivity contribution >= 4 is 9.04 Å². The zero-order chi connectivity index (χ0) is 12.3. The number of benzene rings is 1. The topological polar surface area (TPSA) is 26.3 Å². The van der Waals surface area contributed by atoms with Crippen molar-refractivity contribution in [3.05, 3.63) is 42.5 Å². The predicted octanol–water partition coefficient (Wildman–Crippen LogP) is 2.99. The van der Waals surface area contributed by atoms with E-state index >= 15 is 0 Å². The van der Waals surface area contributed by atoms with E-state index in [4.69, 9.17) is 2.64 Å². The van der Waals surface area contributed by atoms with Gasteiger partial charge in [0.1, 0.15) is 0 Å². The van der Waals surface area contributed by atoms with Crippen LogP contribution in [0.4, 0.5) is 0 Å². The number of allylic oxidation sites excluding steroid dienone is 1. The Bertz CT molecular complexity index is 346. The van der Waals surface area contributed by atoms with E-state index in [0.717, 1.165) is 12.8 Å². The molecule has 17 heavy (non-hydrogen) atoms. The summed E-state index contributed by atoms with van der Waals surface area (Å²) in [6.07, 6.45) is 8.08. The fourth-order valence-corrected chi connectivity index (χ4v) is 4.85. The third-order valence-electron chi connectivity index (χ3n) is 2.45. The first kappa shape index (κ1) is 14.4. The van der Waals surface area contributed by atoms with Gasteiger partial charge in [-0.3, -0.25) is 0 Å². The fraction of sp³-hybridized carbons (Fsp3) is 0.357. The minimum absolute atomic E-state index is 0.160. The molecule has 0 aliphatic carbocycles. The molecule has 2 nitrogen and oxygen atoms in total. The summed E-state index contributed by atoms with van der Waals surface area (Å²) in [5, 5.41) is 0. The van der Waals surface area contributed by atoms with E-state index in [2.05, 4.69) is 6.92 Å². The summed E-state index contributed by atoms with van der Waals surface area (Å²) < 4.78 is 6.57. The molecule has 0 fully saturated rings. The summed E-state index contributed by atoms with van der Waals surface area (Å²) in [5.74, 6) is -0.160. The average Bonchev–Trinajstić information content (AvgIpc) is 2.37. The molecule has 0 saturated carbocycles. The summed E-state index contributed by atoms with van der Waals surface area (Å²) in [5.41, 5.74) is 0. The maximum atomic E-state index is 11.4. The molecule has 0 aliphatic heterocycles. The van der Waals surface area contributed by atoms with Crippen molar-refractivity contribution < 1.29 is 32.5 Å². The molecular formula is C14H18HgO2. The van der Waals surface area contributed by atoms with E-state index in [1.54, 1.807) is 6.08 Å². The van der Waals surface area contributed by atoms with E-state index in [1.165, 1.54) is 15.9 Å². The quantitative estimate of drug-likeness (QED) is 0.386. The van der Waals surface area contributed by atoms with Gasteiger partial charge < -0.3 is 0 Å². The molecule has 88 valence electrons. The van der Waals surface area contributed by atoms with Gasteiger partial charge in [0.15, 0.2) is 0 Å². The molecule has 1 rings (SSSR count). The molecule has 0 saturated heterocycles. The Morgan fingerprint density at radius 2 is 2.06 bits per heavy atom. The molecule has 1 aromatic rings. The first-order valence-electron chi connectivity index (χ1n) is 6.20. The molecule has 0 atom stereocenters. The Kier molecular flexibility index (Phi) is 7.98. The zero-order valence-corrected chi connectivity index (χ0v) is 15.9. The molecule has 0 bridgehead atoms. The minimum atomic E-state index is -1.65. The number of unbranched alkanes of at least 4 members (excludes halogenated alkanes) is 3. The predicted molar refractivity (Wildman–Crippen MR) is 65.5 cm³/mol. The molecular weight excluding hydrogens is 401 g/mol. The van der Waals surface area contributed by atoms with Gasteiger partial charge in [-0.25, -0.2) is 0 Å². The first-order valence-corrected chi connectivity index (χ1v) is 11.2. The van der Waals surface area contributed by atoms with Gasteiger partial charge in [0, 0.05) is 0 Å². The normalized spacial score (nSPS) is 10.2. The van der Waals surface area contributed by atoms with Gasteiger partial charge in [-0.2, -0.15) is 0 Å². The van der Waals surface area contributed by atoms with Crippen molar-refractivity contribution in [3.63, 3.8) is 0 Å². The van der Waals surface area contributed by atoms with Gasteiger partial charge in [-0.1, -0.05) is 0 Å². The van der Waals surface area contributed by atoms with Crippen LogP contribution in [0.25, 0.3) is 0 Å². The van der Waals surface area contributed by atoms with Crippen LogP contribution in [0.2, 0.25) is 0 Å². The second-order valence-electron chi connectivity index (χ2n) is 3.99. The average molecular weight is 419 g/mol. The Balaban J connectivity index is 2.17. The molecule has 0 spiro atoms. The molecule has 0 unspecified atom stereocenters. The molecule has 0 N–H and O–H groups in total. The van der Waals surface area contributed by atoms with Crippen LogP contribution in [0.5, 0.6) is 0 Å². The van der Waals surface area contributed by atoms with Gasteiger partial charge >= 0.3 is 117 Å². The third-order valence-corrected chi connectivity index (χ3v) is 7.25. The van der Waals surface area contributed by atoms with E-state index in [9.17, 15) is 4.79 Å². The van der Waals surface area contributed by atoms with Gasteiger partial charge in [0.25, 0.3) is 0 Å². The first-order chi connectivity index (χ1) is 8.33. The summed E-state index contributed by atoms with van der Waals surface area (Å²) in [6, 6.07) is 10.0. The number of hydrogen-bond acceptors (Lipinski definition) is 2. The van der Waals surface area contributed by atoms with E-state index in [0.29, 0.717) is 0 Å². The third kappa shape index (κ3) is 7.32. The summed E-state index contributed by atoms with van der Waals surface area (Å²) in [4.78, 5) is 11.4. The van der Waals surface area contributed by atoms with Crippen LogP contribution in [0, 0.1) is 0 Å². The van der Waals surface area contributed by atoms with Gasteiger partial charge in [0.2, 0.25) is 0 Å². The molecule has 0 aliphatic rings. The second-order valence-corrected chi connectivity index (χ2v) is 9.41. The van der Waals surface area contributed by atoms with Gasteiger partial charge in [-0.05, 0) is 0 Å². The summed E-state index contributed by atoms with van der Waals surface area (Å²) in [6.45, 7) is 2.17. The molecule has 0 aromatic heterocycles. The second kappa shape index (κ2) is 9.40. The number of carbonyl (C=O) groups is 1. The number of rotatable bonds is 7. The number of hydrogen-bond donors (Lipinski definition) is 0. The van der Waals surface area contributed by atoms with Crippen LogP contribution in [-0.4, -0.2) is 5.97 Å². The number of carbonyl (C=O) groups excluding carboxylic acids is 1. The van der Waals surface area contributed by atoms with Crippen molar-refractivity contribution in [3.8, 4) is 0 Å². The SMILES string of the molecule is CCCCCC=CC(=O)[O][Hg][c]1ccccc1. The van der Waals surface area contributed by atoms with Crippen LogP contribution >= 0.6 is 0 Å². The van der Waals surface area contributed by atoms with Crippen molar-refractivity contribution in [1.82, 2.24) is 0 Å². The molecule has 0 heterocycles. The molecule has 0 amide bonds. The fourth-order valence-electron chi connectivity index (χ4n) is 1.47. The Labute approximate surface area is 116 Å². The molecule has 3 heteroatoms. The van der Waals surface area contributed by atoms with Crippen LogP contribution in [0.3, 0.4) is 0 Å². The van der Waals surface area contributed by atoms with Crippen molar-refractivity contribution in [2.75, 3.05) is 0 Å². The van der Waals surface area contributed by atoms with Crippen molar-refractivity contribution in [1.29, 1.82) is 0 Å².